The molecule has 1 rings (SSSR count). The van der Waals surface area contributed by atoms with Gasteiger partial charge >= 0.3 is 0 Å². The minimum absolute atomic E-state index is 0.218. The van der Waals surface area contributed by atoms with E-state index in [0.29, 0.717) is 19.3 Å². The second-order valence-corrected chi connectivity index (χ2v) is 4.35. The standard InChI is InChI=1S/C13H22O4/c1-4-10(14)7-11-5-6-12(17-11)8-13(15)9(2)16-3/h5-6,9-10,13-15H,4,7-8H2,1-3H3. The highest BCUT2D eigenvalue weighted by Gasteiger charge is 2.16. The van der Waals surface area contributed by atoms with E-state index >= 15 is 0 Å². The predicted octanol–water partition coefficient (Wildman–Crippen LogP) is 1.53. The molecule has 4 heteroatoms. The van der Waals surface area contributed by atoms with Gasteiger partial charge in [-0.1, -0.05) is 6.92 Å². The highest BCUT2D eigenvalue weighted by atomic mass is 16.5. The Hall–Kier alpha value is -0.840. The van der Waals surface area contributed by atoms with Gasteiger partial charge in [-0.05, 0) is 25.5 Å². The fourth-order valence-electron chi connectivity index (χ4n) is 1.55. The minimum atomic E-state index is -0.574. The third-order valence-corrected chi connectivity index (χ3v) is 2.95. The van der Waals surface area contributed by atoms with Crippen LogP contribution in [-0.2, 0) is 17.6 Å². The molecule has 0 aliphatic carbocycles. The molecule has 98 valence electrons. The highest BCUT2D eigenvalue weighted by molar-refractivity contribution is 5.09. The molecule has 0 spiro atoms. The second-order valence-electron chi connectivity index (χ2n) is 4.35. The lowest BCUT2D eigenvalue weighted by Crippen LogP contribution is -2.26. The summed E-state index contributed by atoms with van der Waals surface area (Å²) in [5.41, 5.74) is 0. The Morgan fingerprint density at radius 3 is 2.35 bits per heavy atom. The first-order valence-electron chi connectivity index (χ1n) is 6.03. The summed E-state index contributed by atoms with van der Waals surface area (Å²) in [6, 6.07) is 3.68. The number of rotatable bonds is 7. The van der Waals surface area contributed by atoms with Gasteiger partial charge in [0.1, 0.15) is 11.5 Å². The lowest BCUT2D eigenvalue weighted by Gasteiger charge is -2.15. The van der Waals surface area contributed by atoms with Crippen LogP contribution in [0.15, 0.2) is 16.5 Å². The Labute approximate surface area is 102 Å². The third-order valence-electron chi connectivity index (χ3n) is 2.95. The summed E-state index contributed by atoms with van der Waals surface area (Å²) in [7, 11) is 1.57. The van der Waals surface area contributed by atoms with Crippen LogP contribution in [0.4, 0.5) is 0 Å². The molecule has 1 aromatic rings. The SMILES string of the molecule is CCC(O)Cc1ccc(CC(O)C(C)OC)o1. The minimum Gasteiger partial charge on any atom is -0.466 e. The zero-order chi connectivity index (χ0) is 12.8. The molecule has 3 unspecified atom stereocenters. The molecular formula is C13H22O4. The first-order chi connectivity index (χ1) is 8.06. The van der Waals surface area contributed by atoms with Crippen LogP contribution in [0.5, 0.6) is 0 Å². The molecule has 0 saturated carbocycles. The van der Waals surface area contributed by atoms with Gasteiger partial charge in [0.25, 0.3) is 0 Å². The summed E-state index contributed by atoms with van der Waals surface area (Å²) in [6.45, 7) is 3.74. The van der Waals surface area contributed by atoms with Crippen molar-refractivity contribution in [2.45, 2.75) is 51.4 Å². The van der Waals surface area contributed by atoms with Gasteiger partial charge in [0.15, 0.2) is 0 Å². The maximum absolute atomic E-state index is 9.77. The second kappa shape index (κ2) is 6.79. The van der Waals surface area contributed by atoms with Crippen molar-refractivity contribution >= 4 is 0 Å². The molecule has 4 nitrogen and oxygen atoms in total. The van der Waals surface area contributed by atoms with E-state index in [2.05, 4.69) is 0 Å². The fraction of sp³-hybridized carbons (Fsp3) is 0.692. The van der Waals surface area contributed by atoms with Crippen LogP contribution < -0.4 is 0 Å². The molecule has 0 amide bonds. The zero-order valence-electron chi connectivity index (χ0n) is 10.7. The number of methoxy groups -OCH3 is 1. The molecule has 2 N–H and O–H groups in total. The van der Waals surface area contributed by atoms with E-state index < -0.39 is 6.10 Å². The molecule has 1 heterocycles. The van der Waals surface area contributed by atoms with E-state index in [-0.39, 0.29) is 12.2 Å². The predicted molar refractivity (Wildman–Crippen MR) is 64.9 cm³/mol. The molecule has 0 fully saturated rings. The normalized spacial score (nSPS) is 16.8. The largest absolute Gasteiger partial charge is 0.466 e. The monoisotopic (exact) mass is 242 g/mol. The van der Waals surface area contributed by atoms with Crippen LogP contribution in [0.3, 0.4) is 0 Å². The number of hydrogen-bond donors (Lipinski definition) is 2. The quantitative estimate of drug-likeness (QED) is 0.761. The lowest BCUT2D eigenvalue weighted by molar-refractivity contribution is -0.00203. The maximum atomic E-state index is 9.77. The molecule has 0 aliphatic heterocycles. The molecule has 17 heavy (non-hydrogen) atoms. The molecule has 0 saturated heterocycles. The molecule has 0 aliphatic rings. The van der Waals surface area contributed by atoms with E-state index in [0.717, 1.165) is 11.5 Å². The Morgan fingerprint density at radius 2 is 1.82 bits per heavy atom. The van der Waals surface area contributed by atoms with Crippen LogP contribution in [-0.4, -0.2) is 35.6 Å². The van der Waals surface area contributed by atoms with Crippen LogP contribution in [0.2, 0.25) is 0 Å². The first kappa shape index (κ1) is 14.2. The van der Waals surface area contributed by atoms with E-state index in [9.17, 15) is 10.2 Å². The Balaban J connectivity index is 2.50. The van der Waals surface area contributed by atoms with Crippen molar-refractivity contribution in [1.29, 1.82) is 0 Å². The van der Waals surface area contributed by atoms with Crippen molar-refractivity contribution in [2.75, 3.05) is 7.11 Å². The van der Waals surface area contributed by atoms with Crippen molar-refractivity contribution in [3.8, 4) is 0 Å². The Morgan fingerprint density at radius 1 is 1.24 bits per heavy atom. The molecule has 0 radical (unpaired) electrons. The number of ether oxygens (including phenoxy) is 1. The highest BCUT2D eigenvalue weighted by Crippen LogP contribution is 2.14. The maximum Gasteiger partial charge on any atom is 0.106 e. The van der Waals surface area contributed by atoms with Gasteiger partial charge in [-0.15, -0.1) is 0 Å². The Bertz CT molecular complexity index is 321. The van der Waals surface area contributed by atoms with Gasteiger partial charge in [0, 0.05) is 20.0 Å². The third kappa shape index (κ3) is 4.50. The summed E-state index contributed by atoms with van der Waals surface area (Å²) in [5, 5.41) is 19.3. The molecular weight excluding hydrogens is 220 g/mol. The van der Waals surface area contributed by atoms with Crippen LogP contribution in [0, 0.1) is 0 Å². The fourth-order valence-corrected chi connectivity index (χ4v) is 1.55. The van der Waals surface area contributed by atoms with Gasteiger partial charge in [-0.2, -0.15) is 0 Å². The van der Waals surface area contributed by atoms with Gasteiger partial charge in [0.2, 0.25) is 0 Å². The van der Waals surface area contributed by atoms with Crippen LogP contribution in [0.25, 0.3) is 0 Å². The molecule has 0 bridgehead atoms. The Kier molecular flexibility index (Phi) is 5.68. The number of furan rings is 1. The van der Waals surface area contributed by atoms with Crippen LogP contribution >= 0.6 is 0 Å². The van der Waals surface area contributed by atoms with E-state index in [1.54, 1.807) is 7.11 Å². The van der Waals surface area contributed by atoms with Crippen molar-refractivity contribution < 1.29 is 19.4 Å². The summed E-state index contributed by atoms with van der Waals surface area (Å²) < 4.78 is 10.6. The summed E-state index contributed by atoms with van der Waals surface area (Å²) >= 11 is 0. The van der Waals surface area contributed by atoms with Crippen molar-refractivity contribution in [2.24, 2.45) is 0 Å². The van der Waals surface area contributed by atoms with Gasteiger partial charge in [0.05, 0.1) is 18.3 Å². The average molecular weight is 242 g/mol. The summed E-state index contributed by atoms with van der Waals surface area (Å²) in [6.07, 6.45) is 0.500. The number of aliphatic hydroxyl groups is 2. The van der Waals surface area contributed by atoms with Gasteiger partial charge < -0.3 is 19.4 Å². The van der Waals surface area contributed by atoms with Crippen molar-refractivity contribution in [1.82, 2.24) is 0 Å². The van der Waals surface area contributed by atoms with Crippen molar-refractivity contribution in [3.63, 3.8) is 0 Å². The van der Waals surface area contributed by atoms with E-state index in [1.807, 2.05) is 26.0 Å². The summed E-state index contributed by atoms with van der Waals surface area (Å²) in [4.78, 5) is 0. The molecule has 3 atom stereocenters. The van der Waals surface area contributed by atoms with Gasteiger partial charge in [-0.3, -0.25) is 0 Å². The van der Waals surface area contributed by atoms with Crippen molar-refractivity contribution in [3.05, 3.63) is 23.7 Å². The number of hydrogen-bond acceptors (Lipinski definition) is 4. The topological polar surface area (TPSA) is 62.8 Å². The average Bonchev–Trinajstić information content (AvgIpc) is 2.75. The van der Waals surface area contributed by atoms with Crippen LogP contribution in [0.1, 0.15) is 31.8 Å². The summed E-state index contributed by atoms with van der Waals surface area (Å²) in [5.74, 6) is 1.48. The molecule has 1 aromatic heterocycles. The smallest absolute Gasteiger partial charge is 0.106 e. The zero-order valence-corrected chi connectivity index (χ0v) is 10.7. The van der Waals surface area contributed by atoms with E-state index in [1.165, 1.54) is 0 Å². The lowest BCUT2D eigenvalue weighted by atomic mass is 10.1. The molecule has 0 aromatic carbocycles. The van der Waals surface area contributed by atoms with E-state index in [4.69, 9.17) is 9.15 Å². The number of aliphatic hydroxyl groups excluding tert-OH is 2. The van der Waals surface area contributed by atoms with Gasteiger partial charge in [-0.25, -0.2) is 0 Å². The first-order valence-corrected chi connectivity index (χ1v) is 6.03.